The second-order valence-electron chi connectivity index (χ2n) is 7.06. The zero-order chi connectivity index (χ0) is 22.5. The summed E-state index contributed by atoms with van der Waals surface area (Å²) >= 11 is 1.39. The number of nitrogens with one attached hydrogen (secondary N) is 1. The van der Waals surface area contributed by atoms with Crippen molar-refractivity contribution in [3.05, 3.63) is 78.7 Å². The molecule has 0 atom stereocenters. The number of rotatable bonds is 8. The van der Waals surface area contributed by atoms with Crippen LogP contribution in [-0.2, 0) is 10.5 Å². The number of carbonyl (C=O) groups is 1. The van der Waals surface area contributed by atoms with Gasteiger partial charge in [0.2, 0.25) is 24.4 Å². The molecule has 0 bridgehead atoms. The molecule has 5 rings (SSSR count). The Labute approximate surface area is 193 Å². The molecule has 0 spiro atoms. The highest BCUT2D eigenvalue weighted by atomic mass is 32.2. The van der Waals surface area contributed by atoms with E-state index in [-0.39, 0.29) is 18.5 Å². The van der Waals surface area contributed by atoms with E-state index in [1.165, 1.54) is 11.8 Å². The molecule has 33 heavy (non-hydrogen) atoms. The van der Waals surface area contributed by atoms with Crippen LogP contribution in [0.15, 0.2) is 77.3 Å². The predicted molar refractivity (Wildman–Crippen MR) is 124 cm³/mol. The predicted octanol–water partition coefficient (Wildman–Crippen LogP) is 5.13. The third-order valence-electron chi connectivity index (χ3n) is 4.67. The topological polar surface area (TPSA) is 95.7 Å². The van der Waals surface area contributed by atoms with Gasteiger partial charge in [0.05, 0.1) is 11.5 Å². The van der Waals surface area contributed by atoms with Gasteiger partial charge in [-0.1, -0.05) is 23.4 Å². The van der Waals surface area contributed by atoms with Gasteiger partial charge in [-0.15, -0.1) is 11.8 Å². The Balaban J connectivity index is 1.09. The van der Waals surface area contributed by atoms with E-state index >= 15 is 0 Å². The van der Waals surface area contributed by atoms with E-state index in [0.29, 0.717) is 40.4 Å². The highest BCUT2D eigenvalue weighted by Crippen LogP contribution is 2.35. The lowest BCUT2D eigenvalue weighted by Crippen LogP contribution is -2.14. The molecule has 0 saturated heterocycles. The minimum absolute atomic E-state index is 0.118. The largest absolute Gasteiger partial charge is 0.457 e. The van der Waals surface area contributed by atoms with Crippen molar-refractivity contribution in [2.24, 2.45) is 0 Å². The van der Waals surface area contributed by atoms with Crippen molar-refractivity contribution >= 4 is 23.4 Å². The Morgan fingerprint density at radius 2 is 1.76 bits per heavy atom. The van der Waals surface area contributed by atoms with Crippen LogP contribution in [-0.4, -0.2) is 28.6 Å². The van der Waals surface area contributed by atoms with E-state index in [1.807, 2.05) is 60.7 Å². The first-order chi connectivity index (χ1) is 16.2. The van der Waals surface area contributed by atoms with Crippen molar-refractivity contribution in [3.8, 4) is 34.4 Å². The molecular weight excluding hydrogens is 442 g/mol. The van der Waals surface area contributed by atoms with Crippen molar-refractivity contribution in [2.75, 3.05) is 17.9 Å². The molecule has 0 saturated carbocycles. The lowest BCUT2D eigenvalue weighted by atomic mass is 10.2. The van der Waals surface area contributed by atoms with Crippen LogP contribution in [0.3, 0.4) is 0 Å². The van der Waals surface area contributed by atoms with Crippen LogP contribution in [0.1, 0.15) is 5.89 Å². The first-order valence-electron chi connectivity index (χ1n) is 10.2. The number of hydrogen-bond donors (Lipinski definition) is 1. The molecule has 166 valence electrons. The summed E-state index contributed by atoms with van der Waals surface area (Å²) in [5.41, 5.74) is 1.47. The average molecular weight is 461 g/mol. The first-order valence-corrected chi connectivity index (χ1v) is 11.3. The number of anilines is 1. The lowest BCUT2D eigenvalue weighted by Gasteiger charge is -2.08. The highest BCUT2D eigenvalue weighted by molar-refractivity contribution is 7.99. The van der Waals surface area contributed by atoms with Crippen molar-refractivity contribution in [3.63, 3.8) is 0 Å². The van der Waals surface area contributed by atoms with Crippen molar-refractivity contribution < 1.29 is 23.5 Å². The molecule has 0 fully saturated rings. The van der Waals surface area contributed by atoms with E-state index in [9.17, 15) is 4.79 Å². The summed E-state index contributed by atoms with van der Waals surface area (Å²) in [7, 11) is 0. The summed E-state index contributed by atoms with van der Waals surface area (Å²) in [6, 6.07) is 22.2. The second-order valence-corrected chi connectivity index (χ2v) is 8.05. The Morgan fingerprint density at radius 3 is 2.61 bits per heavy atom. The smallest absolute Gasteiger partial charge is 0.236 e. The summed E-state index contributed by atoms with van der Waals surface area (Å²) in [6.07, 6.45) is 0. The monoisotopic (exact) mass is 461 g/mol. The number of aromatic nitrogens is 2. The molecule has 8 nitrogen and oxygen atoms in total. The quantitative estimate of drug-likeness (QED) is 0.386. The number of ether oxygens (including phenoxy) is 3. The normalized spacial score (nSPS) is 11.9. The molecule has 4 aromatic rings. The third kappa shape index (κ3) is 5.27. The fraction of sp³-hybridized carbons (Fsp3) is 0.125. The minimum Gasteiger partial charge on any atom is -0.457 e. The lowest BCUT2D eigenvalue weighted by molar-refractivity contribution is -0.113. The van der Waals surface area contributed by atoms with Gasteiger partial charge in [-0.3, -0.25) is 4.79 Å². The van der Waals surface area contributed by atoms with E-state index in [0.717, 1.165) is 11.3 Å². The third-order valence-corrected chi connectivity index (χ3v) is 5.59. The van der Waals surface area contributed by atoms with Gasteiger partial charge in [0.1, 0.15) is 11.5 Å². The molecule has 9 heteroatoms. The molecule has 3 aromatic carbocycles. The second kappa shape index (κ2) is 9.66. The fourth-order valence-corrected chi connectivity index (χ4v) is 3.78. The van der Waals surface area contributed by atoms with Crippen molar-refractivity contribution in [1.82, 2.24) is 10.1 Å². The Bertz CT molecular complexity index is 1240. The zero-order valence-corrected chi connectivity index (χ0v) is 18.2. The van der Waals surface area contributed by atoms with Gasteiger partial charge in [0.15, 0.2) is 11.5 Å². The van der Waals surface area contributed by atoms with E-state index < -0.39 is 0 Å². The molecule has 0 unspecified atom stereocenters. The van der Waals surface area contributed by atoms with Gasteiger partial charge < -0.3 is 24.1 Å². The van der Waals surface area contributed by atoms with Gasteiger partial charge >= 0.3 is 0 Å². The summed E-state index contributed by atoms with van der Waals surface area (Å²) in [5.74, 6) is 4.28. The summed E-state index contributed by atoms with van der Waals surface area (Å²) < 4.78 is 21.7. The van der Waals surface area contributed by atoms with Crippen LogP contribution in [0.2, 0.25) is 0 Å². The van der Waals surface area contributed by atoms with Crippen LogP contribution in [0, 0.1) is 0 Å². The van der Waals surface area contributed by atoms with E-state index in [2.05, 4.69) is 15.5 Å². The maximum Gasteiger partial charge on any atom is 0.236 e. The van der Waals surface area contributed by atoms with E-state index in [1.54, 1.807) is 12.1 Å². The highest BCUT2D eigenvalue weighted by Gasteiger charge is 2.16. The number of amides is 1. The first kappa shape index (κ1) is 20.9. The number of para-hydroxylation sites is 1. The van der Waals surface area contributed by atoms with Crippen LogP contribution >= 0.6 is 11.8 Å². The Hall–Kier alpha value is -3.98. The van der Waals surface area contributed by atoms with Gasteiger partial charge in [0.25, 0.3) is 0 Å². The number of hydrogen-bond acceptors (Lipinski definition) is 8. The number of thioether (sulfide) groups is 1. The van der Waals surface area contributed by atoms with Gasteiger partial charge in [-0.2, -0.15) is 4.98 Å². The molecule has 1 N–H and O–H groups in total. The summed E-state index contributed by atoms with van der Waals surface area (Å²) in [5, 5.41) is 6.87. The number of fused-ring (bicyclic) bond motifs is 1. The Kier molecular flexibility index (Phi) is 6.12. The van der Waals surface area contributed by atoms with Crippen molar-refractivity contribution in [1.29, 1.82) is 0 Å². The van der Waals surface area contributed by atoms with Crippen LogP contribution in [0.5, 0.6) is 23.0 Å². The van der Waals surface area contributed by atoms with Gasteiger partial charge in [0, 0.05) is 11.3 Å². The average Bonchev–Trinajstić information content (AvgIpc) is 3.50. The molecule has 0 aliphatic carbocycles. The summed E-state index contributed by atoms with van der Waals surface area (Å²) in [6.45, 7) is 0.209. The van der Waals surface area contributed by atoms with Gasteiger partial charge in [-0.25, -0.2) is 0 Å². The molecular formula is C24H19N3O5S. The zero-order valence-electron chi connectivity index (χ0n) is 17.4. The van der Waals surface area contributed by atoms with Crippen molar-refractivity contribution in [2.45, 2.75) is 5.75 Å². The number of nitrogens with zero attached hydrogens (tertiary/aromatic N) is 2. The van der Waals surface area contributed by atoms with Crippen LogP contribution in [0.4, 0.5) is 5.69 Å². The molecule has 2 heterocycles. The maximum atomic E-state index is 12.3. The van der Waals surface area contributed by atoms with Crippen LogP contribution < -0.4 is 19.5 Å². The standard InChI is InChI=1S/C24H19N3O5S/c28-22(25-17-7-9-19(10-8-17)31-18-4-2-1-3-5-18)13-33-14-23-26-24(27-32-23)16-6-11-20-21(12-16)30-15-29-20/h1-12H,13-15H2,(H,25,28). The molecule has 1 aliphatic heterocycles. The fourth-order valence-electron chi connectivity index (χ4n) is 3.13. The number of benzene rings is 3. The number of carbonyl (C=O) groups excluding carboxylic acids is 1. The Morgan fingerprint density at radius 1 is 0.970 bits per heavy atom. The van der Waals surface area contributed by atoms with Gasteiger partial charge in [-0.05, 0) is 54.6 Å². The molecule has 1 amide bonds. The SMILES string of the molecule is O=C(CSCc1nc(-c2ccc3c(c2)OCO3)no1)Nc1ccc(Oc2ccccc2)cc1. The molecule has 0 radical (unpaired) electrons. The minimum atomic E-state index is -0.118. The molecule has 1 aliphatic rings. The summed E-state index contributed by atoms with van der Waals surface area (Å²) in [4.78, 5) is 16.6. The maximum absolute atomic E-state index is 12.3. The van der Waals surface area contributed by atoms with Crippen LogP contribution in [0.25, 0.3) is 11.4 Å². The molecule has 1 aromatic heterocycles. The van der Waals surface area contributed by atoms with E-state index in [4.69, 9.17) is 18.7 Å².